The number of hydrogen-bond donors (Lipinski definition) is 6. The van der Waals surface area contributed by atoms with E-state index in [1.165, 1.54) is 94.4 Å². The summed E-state index contributed by atoms with van der Waals surface area (Å²) in [5, 5.41) is 41.9. The van der Waals surface area contributed by atoms with E-state index in [4.69, 9.17) is 29.9 Å². The summed E-state index contributed by atoms with van der Waals surface area (Å²) >= 11 is 3.33. The van der Waals surface area contributed by atoms with Crippen LogP contribution in [0.1, 0.15) is 91.5 Å². The van der Waals surface area contributed by atoms with Crippen LogP contribution in [0.4, 0.5) is 0 Å². The highest BCUT2D eigenvalue weighted by Crippen LogP contribution is 2.37. The second kappa shape index (κ2) is 26.5. The number of Topliss-reactive ketones (excluding diaryl/α,β-unsaturated/α-hetero) is 2. The molecule has 12 nitrogen and oxygen atoms in total. The number of carbonyl (C=O) groups excluding carboxylic acids is 2. The van der Waals surface area contributed by atoms with Crippen molar-refractivity contribution in [3.05, 3.63) is 107 Å². The molecule has 0 spiro atoms. The molecular weight excluding hydrogens is 885 g/mol. The van der Waals surface area contributed by atoms with Crippen molar-refractivity contribution in [1.29, 1.82) is 0 Å². The number of ether oxygens (including phenoxy) is 2. The molecule has 4 aromatic carbocycles. The number of carboxylic acids is 2. The number of rotatable bonds is 16. The van der Waals surface area contributed by atoms with Crippen LogP contribution in [-0.2, 0) is 44.9 Å². The minimum Gasteiger partial charge on any atom is -0.508 e. The highest BCUT2D eigenvalue weighted by molar-refractivity contribution is 8.01. The van der Waals surface area contributed by atoms with Gasteiger partial charge in [0, 0.05) is 21.9 Å². The zero-order chi connectivity index (χ0) is 47.8. The number of thioether (sulfide) groups is 2. The van der Waals surface area contributed by atoms with Gasteiger partial charge in [0.1, 0.15) is 34.6 Å². The Hall–Kier alpha value is -4.67. The lowest BCUT2D eigenvalue weighted by Crippen LogP contribution is -2.28. The first-order valence-electron chi connectivity index (χ1n) is 21.5. The topological polar surface area (TPSA) is 192 Å². The van der Waals surface area contributed by atoms with Gasteiger partial charge in [-0.1, -0.05) is 26.0 Å². The molecule has 2 aliphatic carbocycles. The molecule has 15 heteroatoms. The van der Waals surface area contributed by atoms with E-state index in [0.717, 1.165) is 38.8 Å². The molecule has 0 amide bonds. The predicted octanol–water partition coefficient (Wildman–Crippen LogP) is 9.05. The fourth-order valence-electron chi connectivity index (χ4n) is 6.47. The van der Waals surface area contributed by atoms with E-state index in [2.05, 4.69) is 60.9 Å². The number of fused-ring (bicyclic) bond motifs is 2. The number of likely N-dealkylation sites (N-methyl/N-ethyl adjacent to an activating group) is 2. The van der Waals surface area contributed by atoms with Crippen LogP contribution in [0.5, 0.6) is 23.0 Å². The Morgan fingerprint density at radius 3 is 1.17 bits per heavy atom. The maximum Gasteiger partial charge on any atom is 0.344 e. The molecule has 65 heavy (non-hydrogen) atoms. The predicted molar refractivity (Wildman–Crippen MR) is 266 cm³/mol. The van der Waals surface area contributed by atoms with Crippen LogP contribution in [0, 0.1) is 0 Å². The van der Waals surface area contributed by atoms with Crippen LogP contribution in [0.3, 0.4) is 0 Å². The Balaban J connectivity index is 0.000000301. The van der Waals surface area contributed by atoms with Gasteiger partial charge in [0.2, 0.25) is 0 Å². The van der Waals surface area contributed by atoms with Crippen molar-refractivity contribution in [3.8, 4) is 23.0 Å². The SMILES string of the molecule is CCNC1Cc2ccc(SC(C)(C)C(C)=O)cc2C1.CCN[C@H]1Cc2ccc(SC(C)(C)C(C)=O)cc2C1.C[C@@H](Oc1ccc(O)cc1)C(=O)O.C[C@@H](Oc1ccc(O)cc1)C(=O)O.S. The zero-order valence-electron chi connectivity index (χ0n) is 39.2. The Morgan fingerprint density at radius 1 is 0.585 bits per heavy atom. The summed E-state index contributed by atoms with van der Waals surface area (Å²) in [7, 11) is 0. The van der Waals surface area contributed by atoms with E-state index < -0.39 is 24.1 Å². The van der Waals surface area contributed by atoms with Gasteiger partial charge in [-0.05, 0) is 189 Å². The monoisotopic (exact) mass is 952 g/mol. The first kappa shape index (κ1) is 56.5. The number of benzene rings is 4. The van der Waals surface area contributed by atoms with Crippen LogP contribution >= 0.6 is 37.0 Å². The molecule has 0 heterocycles. The van der Waals surface area contributed by atoms with Gasteiger partial charge >= 0.3 is 11.9 Å². The first-order chi connectivity index (χ1) is 30.0. The average molecular weight is 953 g/mol. The molecule has 2 aliphatic rings. The average Bonchev–Trinajstić information content (AvgIpc) is 3.82. The number of carbonyl (C=O) groups is 4. The molecule has 0 saturated carbocycles. The van der Waals surface area contributed by atoms with Crippen LogP contribution in [-0.4, -0.2) is 90.8 Å². The Labute approximate surface area is 400 Å². The highest BCUT2D eigenvalue weighted by atomic mass is 32.2. The maximum atomic E-state index is 11.6. The lowest BCUT2D eigenvalue weighted by molar-refractivity contribution is -0.145. The summed E-state index contributed by atoms with van der Waals surface area (Å²) < 4.78 is 9.36. The molecule has 6 N–H and O–H groups in total. The molecule has 0 bridgehead atoms. The number of carboxylic acid groups (broad SMARTS) is 2. The van der Waals surface area contributed by atoms with Gasteiger partial charge < -0.3 is 40.5 Å². The normalized spacial score (nSPS) is 15.6. The van der Waals surface area contributed by atoms with E-state index >= 15 is 0 Å². The highest BCUT2D eigenvalue weighted by Gasteiger charge is 2.28. The molecule has 6 rings (SSSR count). The third kappa shape index (κ3) is 19.0. The largest absolute Gasteiger partial charge is 0.508 e. The molecule has 356 valence electrons. The van der Waals surface area contributed by atoms with Gasteiger partial charge in [-0.15, -0.1) is 23.5 Å². The maximum absolute atomic E-state index is 11.6. The molecule has 0 radical (unpaired) electrons. The van der Waals surface area contributed by atoms with Crippen molar-refractivity contribution < 1.29 is 49.1 Å². The van der Waals surface area contributed by atoms with Crippen molar-refractivity contribution >= 4 is 60.5 Å². The van der Waals surface area contributed by atoms with E-state index in [9.17, 15) is 19.2 Å². The first-order valence-corrected chi connectivity index (χ1v) is 23.1. The van der Waals surface area contributed by atoms with Crippen LogP contribution < -0.4 is 20.1 Å². The Bertz CT molecular complexity index is 2010. The van der Waals surface area contributed by atoms with Gasteiger partial charge in [0.15, 0.2) is 12.2 Å². The molecule has 0 aliphatic heterocycles. The molecule has 0 aromatic heterocycles. The number of aliphatic carboxylic acids is 2. The summed E-state index contributed by atoms with van der Waals surface area (Å²) in [5.74, 6) is -0.501. The summed E-state index contributed by atoms with van der Waals surface area (Å²) in [6.07, 6.45) is 2.71. The lowest BCUT2D eigenvalue weighted by Gasteiger charge is -2.20. The minimum absolute atomic E-state index is 0. The van der Waals surface area contributed by atoms with Gasteiger partial charge in [-0.25, -0.2) is 9.59 Å². The summed E-state index contributed by atoms with van der Waals surface area (Å²) in [6.45, 7) is 20.6. The van der Waals surface area contributed by atoms with Crippen molar-refractivity contribution in [2.75, 3.05) is 13.1 Å². The Morgan fingerprint density at radius 2 is 0.892 bits per heavy atom. The van der Waals surface area contributed by atoms with Gasteiger partial charge in [-0.2, -0.15) is 13.5 Å². The number of ketones is 2. The molecule has 1 unspecified atom stereocenters. The van der Waals surface area contributed by atoms with E-state index in [1.807, 2.05) is 27.7 Å². The van der Waals surface area contributed by atoms with Crippen LogP contribution in [0.2, 0.25) is 0 Å². The number of phenols is 2. The minimum atomic E-state index is -1.02. The number of hydrogen-bond acceptors (Lipinski definition) is 12. The third-order valence-electron chi connectivity index (χ3n) is 10.6. The Kier molecular flexibility index (Phi) is 23.0. The summed E-state index contributed by atoms with van der Waals surface area (Å²) in [4.78, 5) is 46.4. The van der Waals surface area contributed by atoms with Crippen LogP contribution in [0.25, 0.3) is 0 Å². The molecular formula is C50H68N2O10S3. The number of nitrogens with one attached hydrogen (secondary N) is 2. The quantitative estimate of drug-likeness (QED) is 0.0583. The van der Waals surface area contributed by atoms with Crippen LogP contribution in [0.15, 0.2) is 94.7 Å². The second-order valence-electron chi connectivity index (χ2n) is 16.7. The van der Waals surface area contributed by atoms with Gasteiger partial charge in [0.05, 0.1) is 9.49 Å². The fourth-order valence-corrected chi connectivity index (χ4v) is 8.61. The molecule has 0 fully saturated rings. The van der Waals surface area contributed by atoms with Crippen molar-refractivity contribution in [2.45, 2.75) is 138 Å². The van der Waals surface area contributed by atoms with Gasteiger partial charge in [0.25, 0.3) is 0 Å². The van der Waals surface area contributed by atoms with Crippen molar-refractivity contribution in [2.24, 2.45) is 0 Å². The third-order valence-corrected chi connectivity index (χ3v) is 13.2. The van der Waals surface area contributed by atoms with Gasteiger partial charge in [-0.3, -0.25) is 9.59 Å². The van der Waals surface area contributed by atoms with Crippen molar-refractivity contribution in [1.82, 2.24) is 10.6 Å². The smallest absolute Gasteiger partial charge is 0.344 e. The van der Waals surface area contributed by atoms with Crippen molar-refractivity contribution in [3.63, 3.8) is 0 Å². The fraction of sp³-hybridized carbons (Fsp3) is 0.440. The van der Waals surface area contributed by atoms with E-state index in [-0.39, 0.29) is 46.1 Å². The molecule has 4 aromatic rings. The summed E-state index contributed by atoms with van der Waals surface area (Å²) in [6, 6.07) is 26.2. The standard InChI is InChI=1S/2C16H23NOS.2C9H10O4.H2S/c2*1-5-17-14-8-12-6-7-15(10-13(12)9-14)19-16(3,4)11(2)18;2*1-6(9(11)12)13-8-4-2-7(10)3-5-8;/h2*6-7,10,14,17H,5,8-9H2,1-4H3;2*2-6,10H,1H3,(H,11,12);1H2/t14-;;2*6-;/m0.11./s1. The number of phenolic OH excluding ortho intramolecular Hbond substituents is 2. The van der Waals surface area contributed by atoms with E-state index in [1.54, 1.807) is 37.4 Å². The lowest BCUT2D eigenvalue weighted by atomic mass is 10.1. The second-order valence-corrected chi connectivity index (χ2v) is 20.1. The zero-order valence-corrected chi connectivity index (χ0v) is 41.8. The molecule has 0 saturated heterocycles. The number of aromatic hydroxyl groups is 2. The molecule has 4 atom stereocenters. The van der Waals surface area contributed by atoms with E-state index in [0.29, 0.717) is 23.6 Å². The summed E-state index contributed by atoms with van der Waals surface area (Å²) in [5.41, 5.74) is 5.79.